The number of hydrogen-bond acceptors (Lipinski definition) is 10. The summed E-state index contributed by atoms with van der Waals surface area (Å²) in [6.45, 7) is 7.31. The lowest BCUT2D eigenvalue weighted by molar-refractivity contribution is -0.191. The van der Waals surface area contributed by atoms with Gasteiger partial charge in [0.2, 0.25) is 11.5 Å². The Bertz CT molecular complexity index is 1960. The monoisotopic (exact) mass is 668 g/mol. The highest BCUT2D eigenvalue weighted by Crippen LogP contribution is 2.41. The third-order valence-electron chi connectivity index (χ3n) is 8.63. The molecule has 6 rings (SSSR count). The van der Waals surface area contributed by atoms with Crippen LogP contribution in [0.3, 0.4) is 0 Å². The summed E-state index contributed by atoms with van der Waals surface area (Å²) in [7, 11) is 0. The maximum atomic E-state index is 13.6. The molecular weight excluding hydrogens is 628 g/mol. The van der Waals surface area contributed by atoms with E-state index in [9.17, 15) is 24.0 Å². The van der Waals surface area contributed by atoms with E-state index in [0.717, 1.165) is 22.0 Å². The Kier molecular flexibility index (Phi) is 10.6. The van der Waals surface area contributed by atoms with Crippen LogP contribution in [0.2, 0.25) is 0 Å². The van der Waals surface area contributed by atoms with Crippen LogP contribution in [0, 0.1) is 5.92 Å². The van der Waals surface area contributed by atoms with Gasteiger partial charge in [-0.1, -0.05) is 76.2 Å². The maximum absolute atomic E-state index is 13.6. The topological polar surface area (TPSA) is 169 Å². The van der Waals surface area contributed by atoms with E-state index in [4.69, 9.17) is 24.9 Å². The molecule has 256 valence electrons. The van der Waals surface area contributed by atoms with Crippen LogP contribution in [-0.4, -0.2) is 46.0 Å². The molecule has 0 fully saturated rings. The van der Waals surface area contributed by atoms with Crippen LogP contribution in [0.4, 0.5) is 0 Å². The highest BCUT2D eigenvalue weighted by atomic mass is 16.6. The summed E-state index contributed by atoms with van der Waals surface area (Å²) in [5.41, 5.74) is 7.39. The lowest BCUT2D eigenvalue weighted by Gasteiger charge is -2.37. The van der Waals surface area contributed by atoms with Gasteiger partial charge in [-0.15, -0.1) is 0 Å². The van der Waals surface area contributed by atoms with E-state index in [1.807, 2.05) is 60.7 Å². The van der Waals surface area contributed by atoms with Crippen molar-refractivity contribution in [1.29, 1.82) is 0 Å². The van der Waals surface area contributed by atoms with Crippen molar-refractivity contribution in [1.82, 2.24) is 14.9 Å². The third kappa shape index (κ3) is 7.09. The maximum Gasteiger partial charge on any atom is 0.355 e. The molecule has 0 aliphatic carbocycles. The van der Waals surface area contributed by atoms with E-state index >= 15 is 0 Å². The lowest BCUT2D eigenvalue weighted by atomic mass is 9.85. The molecular formula is C37H40N4O8. The van der Waals surface area contributed by atoms with E-state index in [0.29, 0.717) is 30.1 Å². The van der Waals surface area contributed by atoms with Crippen LogP contribution in [0.15, 0.2) is 71.5 Å². The number of cyclic esters (lactones) is 1. The van der Waals surface area contributed by atoms with Crippen LogP contribution < -0.4 is 16.6 Å². The number of ether oxygens (including phenoxy) is 3. The molecule has 4 aromatic rings. The number of aromatic nitrogens is 2. The van der Waals surface area contributed by atoms with Gasteiger partial charge < -0.3 is 29.8 Å². The first-order valence-electron chi connectivity index (χ1n) is 16.3. The van der Waals surface area contributed by atoms with Gasteiger partial charge in [-0.3, -0.25) is 14.4 Å². The second kappa shape index (κ2) is 14.8. The molecule has 1 amide bonds. The van der Waals surface area contributed by atoms with Crippen molar-refractivity contribution in [2.75, 3.05) is 6.54 Å². The predicted octanol–water partition coefficient (Wildman–Crippen LogP) is 3.87. The summed E-state index contributed by atoms with van der Waals surface area (Å²) in [5.74, 6) is -2.47. The van der Waals surface area contributed by atoms with Crippen LogP contribution in [0.1, 0.15) is 62.8 Å². The van der Waals surface area contributed by atoms with Crippen molar-refractivity contribution in [2.45, 2.75) is 71.9 Å². The summed E-state index contributed by atoms with van der Waals surface area (Å²) in [6.07, 6.45) is 0.252. The smallest absolute Gasteiger partial charge is 0.355 e. The fourth-order valence-electron chi connectivity index (χ4n) is 5.89. The Balaban J connectivity index is 0.000000330. The molecule has 0 saturated carbocycles. The van der Waals surface area contributed by atoms with Gasteiger partial charge in [0.1, 0.15) is 19.3 Å². The second-order valence-corrected chi connectivity index (χ2v) is 12.2. The number of rotatable bonds is 9. The number of esters is 3. The fraction of sp³-hybridized carbons (Fsp3) is 0.351. The number of amides is 1. The van der Waals surface area contributed by atoms with Crippen LogP contribution >= 0.6 is 0 Å². The molecule has 0 bridgehead atoms. The minimum atomic E-state index is -1.82. The lowest BCUT2D eigenvalue weighted by Crippen LogP contribution is -2.52. The van der Waals surface area contributed by atoms with E-state index in [-0.39, 0.29) is 54.9 Å². The van der Waals surface area contributed by atoms with Gasteiger partial charge in [-0.25, -0.2) is 14.6 Å². The first-order valence-corrected chi connectivity index (χ1v) is 16.3. The number of nitrogens with two attached hydrogens (primary N) is 1. The summed E-state index contributed by atoms with van der Waals surface area (Å²) in [5, 5.41) is 3.65. The molecule has 2 aliphatic heterocycles. The number of nitrogens with zero attached hydrogens (tertiary/aromatic N) is 2. The summed E-state index contributed by atoms with van der Waals surface area (Å²) >= 11 is 0. The number of nitrogens with one attached hydrogen (secondary N) is 1. The highest BCUT2D eigenvalue weighted by Gasteiger charge is 2.51. The predicted molar refractivity (Wildman–Crippen MR) is 181 cm³/mol. The molecule has 0 spiro atoms. The molecule has 0 saturated heterocycles. The third-order valence-corrected chi connectivity index (χ3v) is 8.63. The van der Waals surface area contributed by atoms with Crippen molar-refractivity contribution < 1.29 is 33.4 Å². The number of carbonyl (C=O) groups is 4. The SMILES string of the molecule is CCC(=O)NC(C(=O)O[C@]1(CC)C(=O)OCc2c1cc1n(c2=O)Cc2cc3ccccc3nc2-1)C(C)C.NCC(=O)OCc1ccccc1. The summed E-state index contributed by atoms with van der Waals surface area (Å²) in [6, 6.07) is 20.0. The fourth-order valence-corrected chi connectivity index (χ4v) is 5.89. The zero-order valence-corrected chi connectivity index (χ0v) is 28.0. The molecule has 2 aromatic heterocycles. The first kappa shape index (κ1) is 35.0. The normalized spacial score (nSPS) is 16.3. The molecule has 2 aromatic carbocycles. The Morgan fingerprint density at radius 2 is 1.76 bits per heavy atom. The van der Waals surface area contributed by atoms with Gasteiger partial charge in [0.15, 0.2) is 0 Å². The Morgan fingerprint density at radius 3 is 2.43 bits per heavy atom. The zero-order chi connectivity index (χ0) is 35.3. The number of pyridine rings is 2. The molecule has 12 heteroatoms. The van der Waals surface area contributed by atoms with E-state index in [2.05, 4.69) is 5.32 Å². The number of benzene rings is 2. The van der Waals surface area contributed by atoms with Crippen LogP contribution in [0.25, 0.3) is 22.3 Å². The van der Waals surface area contributed by atoms with Gasteiger partial charge in [0.05, 0.1) is 35.6 Å². The average Bonchev–Trinajstić information content (AvgIpc) is 3.47. The van der Waals surface area contributed by atoms with E-state index in [1.54, 1.807) is 38.3 Å². The van der Waals surface area contributed by atoms with Crippen molar-refractivity contribution in [3.05, 3.63) is 99.3 Å². The van der Waals surface area contributed by atoms with Crippen molar-refractivity contribution in [3.8, 4) is 11.4 Å². The largest absolute Gasteiger partial charge is 0.460 e. The minimum absolute atomic E-state index is 0.0536. The van der Waals surface area contributed by atoms with Crippen LogP contribution in [-0.2, 0) is 58.7 Å². The average molecular weight is 669 g/mol. The molecule has 0 radical (unpaired) electrons. The number of para-hydroxylation sites is 1. The highest BCUT2D eigenvalue weighted by molar-refractivity contribution is 5.90. The first-order chi connectivity index (χ1) is 23.5. The zero-order valence-electron chi connectivity index (χ0n) is 28.0. The van der Waals surface area contributed by atoms with E-state index < -0.39 is 23.6 Å². The second-order valence-electron chi connectivity index (χ2n) is 12.2. The van der Waals surface area contributed by atoms with Gasteiger partial charge in [-0.05, 0) is 36.1 Å². The van der Waals surface area contributed by atoms with Crippen LogP contribution in [0.5, 0.6) is 0 Å². The van der Waals surface area contributed by atoms with Gasteiger partial charge >= 0.3 is 17.9 Å². The molecule has 1 unspecified atom stereocenters. The molecule has 4 heterocycles. The molecule has 2 atom stereocenters. The molecule has 12 nitrogen and oxygen atoms in total. The number of carbonyl (C=O) groups excluding carboxylic acids is 4. The summed E-state index contributed by atoms with van der Waals surface area (Å²) in [4.78, 5) is 67.7. The van der Waals surface area contributed by atoms with Gasteiger partial charge in [0.25, 0.3) is 5.56 Å². The van der Waals surface area contributed by atoms with E-state index in [1.165, 1.54) is 0 Å². The van der Waals surface area contributed by atoms with Crippen molar-refractivity contribution in [2.24, 2.45) is 11.7 Å². The van der Waals surface area contributed by atoms with Crippen molar-refractivity contribution >= 4 is 34.7 Å². The Labute approximate surface area is 283 Å². The van der Waals surface area contributed by atoms with Gasteiger partial charge in [-0.2, -0.15) is 0 Å². The quantitative estimate of drug-likeness (QED) is 0.174. The standard InChI is InChI=1S/C28H29N3O6.C9H11NO2/c1-5-22(32)30-23(15(3)4)26(34)37-28(6-2)19-12-21-24-17(11-16-9-7-8-10-20(16)29-24)13-31(21)25(33)18(19)14-36-27(28)35;10-6-9(11)12-7-8-4-2-1-3-5-8/h7-12,15,23H,5-6,13-14H2,1-4H3,(H,30,32);1-5H,6-7,10H2/t23?,28-;/m0./s1. The number of hydrogen-bond donors (Lipinski definition) is 2. The molecule has 2 aliphatic rings. The Morgan fingerprint density at radius 1 is 1.04 bits per heavy atom. The minimum Gasteiger partial charge on any atom is -0.460 e. The summed E-state index contributed by atoms with van der Waals surface area (Å²) < 4.78 is 17.7. The van der Waals surface area contributed by atoms with Gasteiger partial charge in [0, 0.05) is 22.9 Å². The van der Waals surface area contributed by atoms with Crippen molar-refractivity contribution in [3.63, 3.8) is 0 Å². The molecule has 3 N–H and O–H groups in total. The molecule has 49 heavy (non-hydrogen) atoms. The Hall–Kier alpha value is -5.36. The number of fused-ring (bicyclic) bond motifs is 5.